The fourth-order valence-electron chi connectivity index (χ4n) is 2.54. The Morgan fingerprint density at radius 3 is 3.19 bits per heavy atom. The van der Waals surface area contributed by atoms with E-state index in [1.807, 2.05) is 23.6 Å². The van der Waals surface area contributed by atoms with Crippen molar-refractivity contribution >= 4 is 28.1 Å². The van der Waals surface area contributed by atoms with E-state index < -0.39 is 0 Å². The zero-order valence-corrected chi connectivity index (χ0v) is 12.3. The number of carbonyl (C=O) groups is 1. The van der Waals surface area contributed by atoms with Crippen molar-refractivity contribution in [3.63, 3.8) is 0 Å². The van der Waals surface area contributed by atoms with Crippen LogP contribution < -0.4 is 10.2 Å². The Balaban J connectivity index is 1.74. The van der Waals surface area contributed by atoms with Crippen molar-refractivity contribution < 1.29 is 4.79 Å². The highest BCUT2D eigenvalue weighted by molar-refractivity contribution is 7.13. The van der Waals surface area contributed by atoms with E-state index in [1.54, 1.807) is 23.6 Å². The lowest BCUT2D eigenvalue weighted by Crippen LogP contribution is -2.39. The molecule has 0 spiro atoms. The molecule has 21 heavy (non-hydrogen) atoms. The monoisotopic (exact) mass is 297 g/mol. The maximum Gasteiger partial charge on any atom is 0.247 e. The number of hydrogen-bond acceptors (Lipinski definition) is 4. The Hall–Kier alpha value is -2.32. The van der Waals surface area contributed by atoms with Crippen molar-refractivity contribution in [3.8, 4) is 12.3 Å². The van der Waals surface area contributed by atoms with Crippen molar-refractivity contribution in [1.82, 2.24) is 4.98 Å². The molecule has 0 aliphatic carbocycles. The molecular formula is C16H15N3OS. The van der Waals surface area contributed by atoms with Gasteiger partial charge >= 0.3 is 0 Å². The number of amides is 1. The fourth-order valence-corrected chi connectivity index (χ4v) is 3.26. The Morgan fingerprint density at radius 1 is 1.52 bits per heavy atom. The van der Waals surface area contributed by atoms with Crippen molar-refractivity contribution in [2.24, 2.45) is 0 Å². The average molecular weight is 297 g/mol. The van der Waals surface area contributed by atoms with E-state index >= 15 is 0 Å². The number of anilines is 2. The van der Waals surface area contributed by atoms with Crippen LogP contribution in [0.1, 0.15) is 18.4 Å². The van der Waals surface area contributed by atoms with E-state index in [1.165, 1.54) is 0 Å². The van der Waals surface area contributed by atoms with Crippen LogP contribution in [0.2, 0.25) is 0 Å². The molecular weight excluding hydrogens is 282 g/mol. The summed E-state index contributed by atoms with van der Waals surface area (Å²) in [6, 6.07) is 7.18. The Morgan fingerprint density at radius 2 is 2.43 bits per heavy atom. The van der Waals surface area contributed by atoms with Gasteiger partial charge in [-0.15, -0.1) is 17.8 Å². The number of carbonyl (C=O) groups excluding carboxylic acids is 1. The highest BCUT2D eigenvalue weighted by Gasteiger charge is 2.32. The van der Waals surface area contributed by atoms with Gasteiger partial charge in [-0.3, -0.25) is 4.79 Å². The van der Waals surface area contributed by atoms with Gasteiger partial charge in [-0.1, -0.05) is 12.0 Å². The van der Waals surface area contributed by atoms with Crippen LogP contribution in [0.3, 0.4) is 0 Å². The van der Waals surface area contributed by atoms with Crippen molar-refractivity contribution in [2.75, 3.05) is 16.8 Å². The largest absolute Gasteiger partial charge is 0.336 e. The lowest BCUT2D eigenvalue weighted by Gasteiger charge is -2.23. The van der Waals surface area contributed by atoms with Crippen LogP contribution >= 0.6 is 11.3 Å². The minimum Gasteiger partial charge on any atom is -0.336 e. The van der Waals surface area contributed by atoms with E-state index in [2.05, 4.69) is 21.1 Å². The second-order valence-corrected chi connectivity index (χ2v) is 5.75. The number of thiazole rings is 1. The maximum absolute atomic E-state index is 12.5. The first kappa shape index (κ1) is 13.7. The minimum absolute atomic E-state index is 0.00290. The zero-order valence-electron chi connectivity index (χ0n) is 11.5. The van der Waals surface area contributed by atoms with Crippen molar-refractivity contribution in [3.05, 3.63) is 41.4 Å². The van der Waals surface area contributed by atoms with Crippen LogP contribution in [0, 0.1) is 12.3 Å². The lowest BCUT2D eigenvalue weighted by atomic mass is 10.2. The molecule has 1 aromatic carbocycles. The predicted molar refractivity (Wildman–Crippen MR) is 85.5 cm³/mol. The second kappa shape index (κ2) is 5.98. The molecule has 1 fully saturated rings. The third-order valence-corrected chi connectivity index (χ3v) is 4.33. The third-order valence-electron chi connectivity index (χ3n) is 3.52. The molecule has 2 heterocycles. The van der Waals surface area contributed by atoms with Gasteiger partial charge in [0.2, 0.25) is 5.91 Å². The van der Waals surface area contributed by atoms with Gasteiger partial charge in [0.25, 0.3) is 0 Å². The second-order valence-electron chi connectivity index (χ2n) is 4.88. The van der Waals surface area contributed by atoms with E-state index in [0.717, 1.165) is 35.8 Å². The highest BCUT2D eigenvalue weighted by atomic mass is 32.1. The van der Waals surface area contributed by atoms with E-state index in [-0.39, 0.29) is 11.9 Å². The number of nitrogens with one attached hydrogen (secondary N) is 1. The van der Waals surface area contributed by atoms with Crippen molar-refractivity contribution in [2.45, 2.75) is 18.9 Å². The van der Waals surface area contributed by atoms with E-state index in [0.29, 0.717) is 0 Å². The Labute approximate surface area is 127 Å². The normalized spacial score (nSPS) is 17.5. The van der Waals surface area contributed by atoms with Gasteiger partial charge in [0.15, 0.2) is 5.13 Å². The summed E-state index contributed by atoms with van der Waals surface area (Å²) in [7, 11) is 0. The first-order valence-corrected chi connectivity index (χ1v) is 7.69. The lowest BCUT2D eigenvalue weighted by molar-refractivity contribution is -0.117. The van der Waals surface area contributed by atoms with Crippen molar-refractivity contribution in [1.29, 1.82) is 0 Å². The van der Waals surface area contributed by atoms with Gasteiger partial charge in [-0.2, -0.15) is 0 Å². The SMILES string of the molecule is C#Cc1cccc(NC(=O)[C@H]2CCCN2c2nccs2)c1. The van der Waals surface area contributed by atoms with Gasteiger partial charge in [0.1, 0.15) is 6.04 Å². The topological polar surface area (TPSA) is 45.2 Å². The number of nitrogens with zero attached hydrogens (tertiary/aromatic N) is 2. The van der Waals surface area contributed by atoms with E-state index in [9.17, 15) is 4.79 Å². The number of aromatic nitrogens is 1. The smallest absolute Gasteiger partial charge is 0.247 e. The molecule has 1 amide bonds. The molecule has 0 saturated carbocycles. The van der Waals surface area contributed by atoms with Gasteiger partial charge in [0, 0.05) is 29.4 Å². The number of rotatable bonds is 3. The summed E-state index contributed by atoms with van der Waals surface area (Å²) in [5.74, 6) is 2.57. The molecule has 0 unspecified atom stereocenters. The molecule has 1 aromatic heterocycles. The number of benzene rings is 1. The average Bonchev–Trinajstić information content (AvgIpc) is 3.18. The standard InChI is InChI=1S/C16H15N3OS/c1-2-12-5-3-6-13(11-12)18-15(20)14-7-4-9-19(14)16-17-8-10-21-16/h1,3,5-6,8,10-11,14H,4,7,9H2,(H,18,20)/t14-/m1/s1. The molecule has 2 aromatic rings. The molecule has 1 N–H and O–H groups in total. The van der Waals surface area contributed by atoms with Gasteiger partial charge in [0.05, 0.1) is 0 Å². The first-order valence-electron chi connectivity index (χ1n) is 6.81. The first-order chi connectivity index (χ1) is 10.3. The summed E-state index contributed by atoms with van der Waals surface area (Å²) in [5.41, 5.74) is 1.50. The summed E-state index contributed by atoms with van der Waals surface area (Å²) in [6.07, 6.45) is 9.00. The molecule has 0 radical (unpaired) electrons. The summed E-state index contributed by atoms with van der Waals surface area (Å²) in [5, 5.41) is 5.79. The third kappa shape index (κ3) is 2.91. The van der Waals surface area contributed by atoms with Crippen LogP contribution in [-0.4, -0.2) is 23.5 Å². The van der Waals surface area contributed by atoms with E-state index in [4.69, 9.17) is 6.42 Å². The Bertz CT molecular complexity index is 675. The molecule has 3 rings (SSSR count). The highest BCUT2D eigenvalue weighted by Crippen LogP contribution is 2.28. The molecule has 1 saturated heterocycles. The van der Waals surface area contributed by atoms with Crippen LogP contribution in [-0.2, 0) is 4.79 Å². The molecule has 106 valence electrons. The van der Waals surface area contributed by atoms with Crippen LogP contribution in [0.15, 0.2) is 35.8 Å². The van der Waals surface area contributed by atoms with Gasteiger partial charge in [-0.05, 0) is 31.0 Å². The Kier molecular flexibility index (Phi) is 3.89. The predicted octanol–water partition coefficient (Wildman–Crippen LogP) is 2.73. The van der Waals surface area contributed by atoms with Gasteiger partial charge < -0.3 is 10.2 Å². The molecule has 5 heteroatoms. The zero-order chi connectivity index (χ0) is 14.7. The quantitative estimate of drug-likeness (QED) is 0.886. The van der Waals surface area contributed by atoms with Gasteiger partial charge in [-0.25, -0.2) is 4.98 Å². The van der Waals surface area contributed by atoms with Crippen LogP contribution in [0.25, 0.3) is 0 Å². The molecule has 1 aliphatic heterocycles. The number of hydrogen-bond donors (Lipinski definition) is 1. The van der Waals surface area contributed by atoms with Crippen LogP contribution in [0.5, 0.6) is 0 Å². The summed E-state index contributed by atoms with van der Waals surface area (Å²) >= 11 is 1.56. The molecule has 1 aliphatic rings. The summed E-state index contributed by atoms with van der Waals surface area (Å²) < 4.78 is 0. The van der Waals surface area contributed by atoms with Crippen LogP contribution in [0.4, 0.5) is 10.8 Å². The fraction of sp³-hybridized carbons (Fsp3) is 0.250. The molecule has 4 nitrogen and oxygen atoms in total. The summed E-state index contributed by atoms with van der Waals surface area (Å²) in [4.78, 5) is 18.9. The summed E-state index contributed by atoms with van der Waals surface area (Å²) in [6.45, 7) is 0.871. The maximum atomic E-state index is 12.5. The molecule has 0 bridgehead atoms. The minimum atomic E-state index is -0.161. The number of terminal acetylenes is 1. The molecule has 1 atom stereocenters.